The maximum Gasteiger partial charge on any atom is 0.317 e. The molecular weight excluding hydrogens is 953 g/mol. The number of carboxylic acids is 8. The molecule has 0 saturated carbocycles. The number of carbonyl (C=O) groups excluding carboxylic acids is 2. The summed E-state index contributed by atoms with van der Waals surface area (Å²) in [7, 11) is 0. The average molecular weight is 1020 g/mol. The molecule has 0 fully saturated rings. The zero-order chi connectivity index (χ0) is 52.6. The molecule has 0 atom stereocenters. The number of thiocarbonyl (C=S) groups is 1. The molecule has 29 heteroatoms. The van der Waals surface area contributed by atoms with Gasteiger partial charge in [0.15, 0.2) is 0 Å². The number of carbonyl (C=O) groups is 10. The SMILES string of the molecule is O=C(O)CN(CCN(CC(=O)O)CC(=O)O)CCN(CC(=O)O)CC(=O)NCCN(CCNC(=O)CN(CCN(CCN(CC(=O)O)CC(=O)O)CC(=O)O)CC(=O)O)CCc1ccc(N=C=S)cc1. The Morgan fingerprint density at radius 3 is 0.943 bits per heavy atom. The number of amides is 2. The van der Waals surface area contributed by atoms with Crippen molar-refractivity contribution in [3.63, 3.8) is 0 Å². The smallest absolute Gasteiger partial charge is 0.317 e. The second kappa shape index (κ2) is 34.7. The number of aliphatic imine (C=N–C) groups is 1. The fourth-order valence-electron chi connectivity index (χ4n) is 6.69. The highest BCUT2D eigenvalue weighted by Crippen LogP contribution is 2.13. The number of isothiocyanates is 1. The van der Waals surface area contributed by atoms with E-state index in [1.807, 2.05) is 17.0 Å². The van der Waals surface area contributed by atoms with Gasteiger partial charge in [0.05, 0.1) is 76.3 Å². The first kappa shape index (κ1) is 61.5. The molecule has 1 aromatic rings. The highest BCUT2D eigenvalue weighted by molar-refractivity contribution is 7.78. The van der Waals surface area contributed by atoms with Crippen molar-refractivity contribution in [3.8, 4) is 0 Å². The molecule has 0 spiro atoms. The van der Waals surface area contributed by atoms with Crippen LogP contribution in [0.5, 0.6) is 0 Å². The Kier molecular flexibility index (Phi) is 30.4. The topological polar surface area (TPSA) is 392 Å². The molecule has 1 aromatic carbocycles. The Labute approximate surface area is 407 Å². The van der Waals surface area contributed by atoms with Crippen molar-refractivity contribution in [2.24, 2.45) is 4.99 Å². The van der Waals surface area contributed by atoms with E-state index in [-0.39, 0.29) is 78.5 Å². The average Bonchev–Trinajstić information content (AvgIpc) is 3.23. The van der Waals surface area contributed by atoms with Gasteiger partial charge in [-0.15, -0.1) is 0 Å². The lowest BCUT2D eigenvalue weighted by Gasteiger charge is -2.28. The van der Waals surface area contributed by atoms with Crippen LogP contribution in [0.4, 0.5) is 5.69 Å². The Balaban J connectivity index is 3.01. The van der Waals surface area contributed by atoms with Gasteiger partial charge in [-0.3, -0.25) is 82.2 Å². The minimum Gasteiger partial charge on any atom is -0.480 e. The van der Waals surface area contributed by atoms with Gasteiger partial charge in [-0.25, -0.2) is 0 Å². The third-order valence-corrected chi connectivity index (χ3v) is 9.95. The zero-order valence-electron chi connectivity index (χ0n) is 38.4. The van der Waals surface area contributed by atoms with Crippen LogP contribution in [0.25, 0.3) is 0 Å². The molecule has 2 amide bonds. The van der Waals surface area contributed by atoms with Crippen LogP contribution in [0.1, 0.15) is 5.56 Å². The van der Waals surface area contributed by atoms with Gasteiger partial charge in [0.2, 0.25) is 11.8 Å². The van der Waals surface area contributed by atoms with Crippen LogP contribution in [-0.4, -0.2) is 290 Å². The summed E-state index contributed by atoms with van der Waals surface area (Å²) in [4.78, 5) is 131. The van der Waals surface area contributed by atoms with E-state index in [4.69, 9.17) is 20.4 Å². The Morgan fingerprint density at radius 1 is 0.386 bits per heavy atom. The van der Waals surface area contributed by atoms with Crippen molar-refractivity contribution >= 4 is 82.6 Å². The van der Waals surface area contributed by atoms with E-state index < -0.39 is 125 Å². The van der Waals surface area contributed by atoms with Gasteiger partial charge in [-0.2, -0.15) is 4.99 Å². The van der Waals surface area contributed by atoms with Crippen molar-refractivity contribution in [3.05, 3.63) is 29.8 Å². The normalized spacial score (nSPS) is 11.3. The summed E-state index contributed by atoms with van der Waals surface area (Å²) in [6.07, 6.45) is 0.511. The predicted octanol–water partition coefficient (Wildman–Crippen LogP) is -4.01. The molecule has 0 aliphatic rings. The molecule has 1 rings (SSSR count). The molecule has 390 valence electrons. The van der Waals surface area contributed by atoms with Crippen LogP contribution < -0.4 is 10.6 Å². The van der Waals surface area contributed by atoms with E-state index in [9.17, 15) is 68.4 Å². The van der Waals surface area contributed by atoms with Crippen LogP contribution >= 0.6 is 12.2 Å². The van der Waals surface area contributed by atoms with Crippen molar-refractivity contribution in [2.75, 3.05) is 151 Å². The number of benzene rings is 1. The highest BCUT2D eigenvalue weighted by atomic mass is 32.1. The van der Waals surface area contributed by atoms with Gasteiger partial charge in [0.25, 0.3) is 0 Å². The fraction of sp³-hybridized carbons (Fsp3) is 0.585. The third-order valence-electron chi connectivity index (χ3n) is 9.86. The van der Waals surface area contributed by atoms with E-state index in [2.05, 4.69) is 33.0 Å². The van der Waals surface area contributed by atoms with Crippen molar-refractivity contribution in [2.45, 2.75) is 6.42 Å². The summed E-state index contributed by atoms with van der Waals surface area (Å²) in [5.74, 6) is -11.3. The molecule has 70 heavy (non-hydrogen) atoms. The minimum absolute atomic E-state index is 0.0632. The van der Waals surface area contributed by atoms with Gasteiger partial charge in [-0.05, 0) is 36.3 Å². The standard InChI is InChI=1S/C41H62N10O18S/c52-32(19-48(23-36(58)59)15-11-46(21-34(54)55)13-17-50(25-38(62)63)26-39(64)65)42-6-9-45(8-5-30-1-3-31(4-2-30)44-29-70)10-7-43-33(53)20-49(24-37(60)61)16-12-47(22-35(56)57)14-18-51(27-40(66)67)28-41(68)69/h1-4H,5-28H2,(H,42,52)(H,43,53)(H,54,55)(H,56,57)(H,58,59)(H,60,61)(H,62,63)(H,64,65)(H,66,67)(H,68,69). The van der Waals surface area contributed by atoms with Crippen LogP contribution in [-0.2, 0) is 54.4 Å². The molecule has 0 heterocycles. The minimum atomic E-state index is -1.29. The van der Waals surface area contributed by atoms with Gasteiger partial charge in [0.1, 0.15) is 0 Å². The first-order valence-corrected chi connectivity index (χ1v) is 21.9. The van der Waals surface area contributed by atoms with E-state index in [1.54, 1.807) is 12.1 Å². The zero-order valence-corrected chi connectivity index (χ0v) is 39.2. The van der Waals surface area contributed by atoms with Gasteiger partial charge < -0.3 is 51.5 Å². The lowest BCUT2D eigenvalue weighted by atomic mass is 10.1. The summed E-state index contributed by atoms with van der Waals surface area (Å²) in [5, 5.41) is 82.2. The summed E-state index contributed by atoms with van der Waals surface area (Å²) in [6.45, 7) is -5.24. The maximum absolute atomic E-state index is 13.1. The number of rotatable bonds is 42. The maximum atomic E-state index is 13.1. The van der Waals surface area contributed by atoms with E-state index in [1.165, 1.54) is 19.6 Å². The summed E-state index contributed by atoms with van der Waals surface area (Å²) in [5.41, 5.74) is 1.51. The van der Waals surface area contributed by atoms with Crippen LogP contribution in [0, 0.1) is 0 Å². The summed E-state index contributed by atoms with van der Waals surface area (Å²) >= 11 is 4.66. The molecule has 0 saturated heterocycles. The Hall–Kier alpha value is -6.56. The molecule has 0 unspecified atom stereocenters. The van der Waals surface area contributed by atoms with Crippen molar-refractivity contribution in [1.29, 1.82) is 0 Å². The summed E-state index contributed by atoms with van der Waals surface area (Å²) < 4.78 is 0. The molecule has 0 radical (unpaired) electrons. The number of carboxylic acid groups (broad SMARTS) is 8. The van der Waals surface area contributed by atoms with E-state index in [0.29, 0.717) is 18.7 Å². The van der Waals surface area contributed by atoms with Crippen LogP contribution in [0.3, 0.4) is 0 Å². The molecular formula is C41H62N10O18S. The molecule has 0 bridgehead atoms. The number of hydrogen-bond acceptors (Lipinski definition) is 19. The first-order chi connectivity index (χ1) is 33.0. The molecule has 0 aliphatic heterocycles. The second-order valence-electron chi connectivity index (χ2n) is 15.7. The number of aliphatic carboxylic acids is 8. The molecule has 0 aromatic heterocycles. The van der Waals surface area contributed by atoms with Crippen molar-refractivity contribution in [1.82, 2.24) is 44.9 Å². The Bertz CT molecular complexity index is 1820. The Morgan fingerprint density at radius 2 is 0.657 bits per heavy atom. The number of nitrogens with one attached hydrogen (secondary N) is 2. The number of nitrogens with zero attached hydrogens (tertiary/aromatic N) is 8. The van der Waals surface area contributed by atoms with Crippen LogP contribution in [0.15, 0.2) is 29.3 Å². The fourth-order valence-corrected chi connectivity index (χ4v) is 6.80. The van der Waals surface area contributed by atoms with E-state index in [0.717, 1.165) is 15.4 Å². The van der Waals surface area contributed by atoms with Crippen molar-refractivity contribution < 1.29 is 88.8 Å². The van der Waals surface area contributed by atoms with Gasteiger partial charge in [0, 0.05) is 85.1 Å². The quantitative estimate of drug-likeness (QED) is 0.0220. The highest BCUT2D eigenvalue weighted by Gasteiger charge is 2.22. The lowest BCUT2D eigenvalue weighted by molar-refractivity contribution is -0.144. The monoisotopic (exact) mass is 1010 g/mol. The van der Waals surface area contributed by atoms with E-state index >= 15 is 0 Å². The van der Waals surface area contributed by atoms with Gasteiger partial charge >= 0.3 is 47.8 Å². The first-order valence-electron chi connectivity index (χ1n) is 21.5. The second-order valence-corrected chi connectivity index (χ2v) is 15.9. The van der Waals surface area contributed by atoms with Gasteiger partial charge in [-0.1, -0.05) is 12.1 Å². The predicted molar refractivity (Wildman–Crippen MR) is 247 cm³/mol. The molecule has 0 aliphatic carbocycles. The largest absolute Gasteiger partial charge is 0.480 e. The number of hydrogen-bond donors (Lipinski definition) is 10. The lowest BCUT2D eigenvalue weighted by Crippen LogP contribution is -2.48. The van der Waals surface area contributed by atoms with Crippen LogP contribution in [0.2, 0.25) is 0 Å². The summed E-state index contributed by atoms with van der Waals surface area (Å²) in [6, 6.07) is 7.16. The third kappa shape index (κ3) is 32.2. The molecule has 10 N–H and O–H groups in total. The molecule has 28 nitrogen and oxygen atoms in total.